The molecule has 0 radical (unpaired) electrons. The van der Waals surface area contributed by atoms with Crippen LogP contribution in [0.2, 0.25) is 0 Å². The van der Waals surface area contributed by atoms with Crippen LogP contribution in [-0.4, -0.2) is 47.4 Å². The number of hydroxylamine groups is 1. The molecule has 0 atom stereocenters. The molecule has 0 spiro atoms. The maximum absolute atomic E-state index is 12.2. The lowest BCUT2D eigenvalue weighted by Crippen LogP contribution is -2.37. The number of amides is 1. The molecule has 32 heavy (non-hydrogen) atoms. The van der Waals surface area contributed by atoms with Crippen molar-refractivity contribution in [2.45, 2.75) is 18.9 Å². The fourth-order valence-electron chi connectivity index (χ4n) is 3.65. The Labute approximate surface area is 187 Å². The van der Waals surface area contributed by atoms with Crippen LogP contribution in [0.1, 0.15) is 34.3 Å². The predicted octanol–water partition coefficient (Wildman–Crippen LogP) is 3.28. The van der Waals surface area contributed by atoms with Crippen molar-refractivity contribution in [1.82, 2.24) is 15.4 Å². The molecule has 1 aliphatic rings. The highest BCUT2D eigenvalue weighted by molar-refractivity contribution is 5.95. The molecule has 0 bridgehead atoms. The molecule has 1 aliphatic heterocycles. The minimum absolute atomic E-state index is 0.245. The zero-order valence-corrected chi connectivity index (χ0v) is 17.8. The Morgan fingerprint density at radius 2 is 1.88 bits per heavy atom. The van der Waals surface area contributed by atoms with Crippen molar-refractivity contribution in [2.24, 2.45) is 0 Å². The molecule has 4 rings (SSSR count). The first-order valence-corrected chi connectivity index (χ1v) is 10.4. The third kappa shape index (κ3) is 5.11. The van der Waals surface area contributed by atoms with Crippen molar-refractivity contribution in [1.29, 1.82) is 0 Å². The van der Waals surface area contributed by atoms with E-state index in [-0.39, 0.29) is 6.10 Å². The molecular formula is C25H24N4O3. The van der Waals surface area contributed by atoms with E-state index in [1.807, 2.05) is 36.4 Å². The normalized spacial score (nSPS) is 13.9. The molecule has 162 valence electrons. The number of methoxy groups -OCH3 is 1. The number of hydrogen-bond acceptors (Lipinski definition) is 6. The van der Waals surface area contributed by atoms with Crippen LogP contribution in [0.5, 0.6) is 0 Å². The van der Waals surface area contributed by atoms with Crippen LogP contribution in [0.25, 0.3) is 11.3 Å². The molecule has 2 N–H and O–H groups in total. The summed E-state index contributed by atoms with van der Waals surface area (Å²) >= 11 is 0. The minimum atomic E-state index is -0.569. The van der Waals surface area contributed by atoms with Crippen molar-refractivity contribution in [3.8, 4) is 23.1 Å². The Morgan fingerprint density at radius 1 is 1.12 bits per heavy atom. The molecule has 0 aliphatic carbocycles. The van der Waals surface area contributed by atoms with Gasteiger partial charge < -0.3 is 9.64 Å². The van der Waals surface area contributed by atoms with Gasteiger partial charge in [-0.05, 0) is 49.2 Å². The standard InChI is InChI=1S/C25H24N4O3/c1-32-22-10-13-29(14-11-22)24-16-21(25(30)28-31)15-23(27-24)20-8-6-18(7-9-20)4-5-19-3-2-12-26-17-19/h2-3,6-9,12,15-17,22,31H,10-11,13-14H2,1H3,(H,28,30). The molecule has 3 aromatic rings. The zero-order chi connectivity index (χ0) is 22.3. The van der Waals surface area contributed by atoms with E-state index in [1.54, 1.807) is 37.1 Å². The molecule has 0 saturated carbocycles. The van der Waals surface area contributed by atoms with E-state index in [9.17, 15) is 4.79 Å². The topological polar surface area (TPSA) is 87.6 Å². The smallest absolute Gasteiger partial charge is 0.274 e. The van der Waals surface area contributed by atoms with Gasteiger partial charge in [-0.1, -0.05) is 24.0 Å². The number of nitrogens with one attached hydrogen (secondary N) is 1. The third-order valence-corrected chi connectivity index (χ3v) is 5.47. The van der Waals surface area contributed by atoms with Crippen LogP contribution in [0.4, 0.5) is 5.82 Å². The molecule has 1 saturated heterocycles. The number of carbonyl (C=O) groups excluding carboxylic acids is 1. The first-order valence-electron chi connectivity index (χ1n) is 10.4. The van der Waals surface area contributed by atoms with E-state index in [2.05, 4.69) is 21.7 Å². The summed E-state index contributed by atoms with van der Waals surface area (Å²) in [7, 11) is 1.73. The van der Waals surface area contributed by atoms with Crippen LogP contribution in [0.15, 0.2) is 60.9 Å². The number of rotatable bonds is 4. The highest BCUT2D eigenvalue weighted by Crippen LogP contribution is 2.26. The second-order valence-corrected chi connectivity index (χ2v) is 7.53. The highest BCUT2D eigenvalue weighted by Gasteiger charge is 2.21. The molecule has 1 fully saturated rings. The molecule has 1 aromatic carbocycles. The van der Waals surface area contributed by atoms with Crippen molar-refractivity contribution < 1.29 is 14.7 Å². The van der Waals surface area contributed by atoms with Gasteiger partial charge in [0.15, 0.2) is 0 Å². The monoisotopic (exact) mass is 428 g/mol. The SMILES string of the molecule is COC1CCN(c2cc(C(=O)NO)cc(-c3ccc(C#Cc4cccnc4)cc3)n2)CC1. The van der Waals surface area contributed by atoms with Gasteiger partial charge in [-0.15, -0.1) is 0 Å². The maximum Gasteiger partial charge on any atom is 0.274 e. The lowest BCUT2D eigenvalue weighted by molar-refractivity contribution is 0.0706. The Bertz CT molecular complexity index is 1130. The van der Waals surface area contributed by atoms with E-state index >= 15 is 0 Å². The van der Waals surface area contributed by atoms with Crippen LogP contribution in [-0.2, 0) is 4.74 Å². The van der Waals surface area contributed by atoms with Crippen LogP contribution < -0.4 is 10.4 Å². The highest BCUT2D eigenvalue weighted by atomic mass is 16.5. The maximum atomic E-state index is 12.2. The number of benzene rings is 1. The van der Waals surface area contributed by atoms with Gasteiger partial charge in [0.05, 0.1) is 11.8 Å². The summed E-state index contributed by atoms with van der Waals surface area (Å²) in [5.41, 5.74) is 5.30. The number of carbonyl (C=O) groups is 1. The molecule has 2 aromatic heterocycles. The summed E-state index contributed by atoms with van der Waals surface area (Å²) in [6, 6.07) is 14.8. The number of nitrogens with zero attached hydrogens (tertiary/aromatic N) is 3. The molecule has 3 heterocycles. The van der Waals surface area contributed by atoms with E-state index in [1.165, 1.54) is 0 Å². The zero-order valence-electron chi connectivity index (χ0n) is 17.8. The largest absolute Gasteiger partial charge is 0.381 e. The molecule has 1 amide bonds. The van der Waals surface area contributed by atoms with E-state index in [0.717, 1.165) is 42.6 Å². The Hall–Kier alpha value is -3.73. The van der Waals surface area contributed by atoms with Crippen LogP contribution in [0.3, 0.4) is 0 Å². The van der Waals surface area contributed by atoms with E-state index < -0.39 is 5.91 Å². The van der Waals surface area contributed by atoms with Gasteiger partial charge >= 0.3 is 0 Å². The molecule has 7 nitrogen and oxygen atoms in total. The van der Waals surface area contributed by atoms with Gasteiger partial charge in [0, 0.05) is 54.8 Å². The number of hydrogen-bond donors (Lipinski definition) is 2. The van der Waals surface area contributed by atoms with Crippen molar-refractivity contribution in [3.05, 3.63) is 77.6 Å². The second kappa shape index (κ2) is 10.1. The fourth-order valence-corrected chi connectivity index (χ4v) is 3.65. The average molecular weight is 428 g/mol. The first-order chi connectivity index (χ1) is 15.7. The number of aromatic nitrogens is 2. The lowest BCUT2D eigenvalue weighted by atomic mass is 10.0. The quantitative estimate of drug-likeness (QED) is 0.377. The van der Waals surface area contributed by atoms with Gasteiger partial charge in [0.2, 0.25) is 0 Å². The van der Waals surface area contributed by atoms with Gasteiger partial charge in [0.25, 0.3) is 5.91 Å². The molecule has 7 heteroatoms. The summed E-state index contributed by atoms with van der Waals surface area (Å²) < 4.78 is 5.45. The summed E-state index contributed by atoms with van der Waals surface area (Å²) in [5.74, 6) is 6.35. The van der Waals surface area contributed by atoms with Crippen LogP contribution in [0, 0.1) is 11.8 Å². The van der Waals surface area contributed by atoms with Gasteiger partial charge in [0.1, 0.15) is 5.82 Å². The van der Waals surface area contributed by atoms with Gasteiger partial charge in [-0.2, -0.15) is 0 Å². The summed E-state index contributed by atoms with van der Waals surface area (Å²) in [6.45, 7) is 1.58. The Balaban J connectivity index is 1.61. The predicted molar refractivity (Wildman–Crippen MR) is 121 cm³/mol. The Morgan fingerprint density at radius 3 is 2.53 bits per heavy atom. The van der Waals surface area contributed by atoms with Crippen molar-refractivity contribution >= 4 is 11.7 Å². The number of pyridine rings is 2. The summed E-state index contributed by atoms with van der Waals surface area (Å²) in [6.07, 6.45) is 5.48. The van der Waals surface area contributed by atoms with Gasteiger partial charge in [-0.25, -0.2) is 10.5 Å². The van der Waals surface area contributed by atoms with Gasteiger partial charge in [-0.3, -0.25) is 15.0 Å². The van der Waals surface area contributed by atoms with Crippen molar-refractivity contribution in [3.63, 3.8) is 0 Å². The van der Waals surface area contributed by atoms with E-state index in [4.69, 9.17) is 14.9 Å². The molecular weight excluding hydrogens is 404 g/mol. The second-order valence-electron chi connectivity index (χ2n) is 7.53. The Kier molecular flexibility index (Phi) is 6.75. The first kappa shape index (κ1) is 21.5. The number of anilines is 1. The lowest BCUT2D eigenvalue weighted by Gasteiger charge is -2.32. The number of ether oxygens (including phenoxy) is 1. The number of piperidine rings is 1. The van der Waals surface area contributed by atoms with Crippen LogP contribution >= 0.6 is 0 Å². The third-order valence-electron chi connectivity index (χ3n) is 5.47. The summed E-state index contributed by atoms with van der Waals surface area (Å²) in [4.78, 5) is 23.2. The van der Waals surface area contributed by atoms with E-state index in [0.29, 0.717) is 17.1 Å². The van der Waals surface area contributed by atoms with Crippen molar-refractivity contribution in [2.75, 3.05) is 25.1 Å². The average Bonchev–Trinajstić information content (AvgIpc) is 2.87. The summed E-state index contributed by atoms with van der Waals surface area (Å²) in [5, 5.41) is 9.14. The minimum Gasteiger partial charge on any atom is -0.381 e. The fraction of sp³-hybridized carbons (Fsp3) is 0.240. The molecule has 0 unspecified atom stereocenters.